The number of benzene rings is 1. The van der Waals surface area contributed by atoms with E-state index in [0.29, 0.717) is 3.51 Å². The summed E-state index contributed by atoms with van der Waals surface area (Å²) in [6, 6.07) is 5.75. The van der Waals surface area contributed by atoms with Crippen molar-refractivity contribution in [3.05, 3.63) is 24.3 Å². The van der Waals surface area contributed by atoms with Crippen LogP contribution in [0.1, 0.15) is 0 Å². The first kappa shape index (κ1) is 9.83. The third kappa shape index (κ3) is 2.37. The van der Waals surface area contributed by atoms with Gasteiger partial charge in [0.15, 0.2) is 0 Å². The first-order chi connectivity index (χ1) is 5.54. The molecule has 1 aromatic carbocycles. The van der Waals surface area contributed by atoms with Gasteiger partial charge in [0.05, 0.1) is 0 Å². The van der Waals surface area contributed by atoms with Gasteiger partial charge in [-0.3, -0.25) is 0 Å². The number of rotatable bonds is 2. The fourth-order valence-corrected chi connectivity index (χ4v) is 1.98. The summed E-state index contributed by atoms with van der Waals surface area (Å²) in [7, 11) is -3.61. The number of sulfonamides is 1. The molecule has 0 saturated carbocycles. The van der Waals surface area contributed by atoms with Crippen LogP contribution in [0.3, 0.4) is 0 Å². The van der Waals surface area contributed by atoms with Crippen molar-refractivity contribution in [2.45, 2.75) is 4.90 Å². The molecule has 64 valence electrons. The summed E-state index contributed by atoms with van der Waals surface area (Å²) in [5.74, 6) is 0. The van der Waals surface area contributed by atoms with E-state index in [1.165, 1.54) is 24.3 Å². The van der Waals surface area contributed by atoms with E-state index in [4.69, 9.17) is 5.14 Å². The third-order valence-corrected chi connectivity index (χ3v) is 3.65. The average molecular weight is 294 g/mol. The second-order valence-corrected chi connectivity index (χ2v) is 5.69. The van der Waals surface area contributed by atoms with E-state index in [9.17, 15) is 11.4 Å². The Balaban J connectivity index is 3.17. The van der Waals surface area contributed by atoms with E-state index in [1.807, 2.05) is 0 Å². The molecule has 6 heteroatoms. The van der Waals surface area contributed by atoms with E-state index in [1.54, 1.807) is 0 Å². The summed E-state index contributed by atoms with van der Waals surface area (Å²) in [5.41, 5.74) is 0. The predicted molar refractivity (Wildman–Crippen MR) is 43.9 cm³/mol. The molecule has 0 amide bonds. The molecule has 0 bridgehead atoms. The zero-order chi connectivity index (χ0) is 9.19. The quantitative estimate of drug-likeness (QED) is 0.711. The van der Waals surface area contributed by atoms with Crippen molar-refractivity contribution in [3.63, 3.8) is 0 Å². The fourth-order valence-electron chi connectivity index (χ4n) is 0.697. The summed E-state index contributed by atoms with van der Waals surface area (Å²) in [4.78, 5) is 0.0515. The number of primary sulfonamides is 1. The number of hydrogen-bond donors (Lipinski definition) is 1. The Bertz CT molecular complexity index is 384. The van der Waals surface area contributed by atoms with Crippen LogP contribution >= 0.6 is 0 Å². The van der Waals surface area contributed by atoms with E-state index >= 15 is 0 Å². The summed E-state index contributed by atoms with van der Waals surface area (Å²) in [5, 5.41) is 4.85. The van der Waals surface area contributed by atoms with Gasteiger partial charge in [0.1, 0.15) is 0 Å². The van der Waals surface area contributed by atoms with Crippen molar-refractivity contribution in [2.24, 2.45) is 5.14 Å². The molecule has 0 saturated heterocycles. The Morgan fingerprint density at radius 1 is 1.17 bits per heavy atom. The van der Waals surface area contributed by atoms with Crippen molar-refractivity contribution < 1.29 is 11.4 Å². The molecular formula is C6H6NO3SSb. The topological polar surface area (TPSA) is 77.2 Å². The van der Waals surface area contributed by atoms with Gasteiger partial charge in [-0.15, -0.1) is 0 Å². The Kier molecular flexibility index (Phi) is 2.98. The molecule has 0 aromatic heterocycles. The van der Waals surface area contributed by atoms with Crippen LogP contribution < -0.4 is 8.65 Å². The van der Waals surface area contributed by atoms with E-state index in [0.717, 1.165) is 0 Å². The van der Waals surface area contributed by atoms with Crippen molar-refractivity contribution >= 4 is 35.1 Å². The molecule has 1 aromatic rings. The zero-order valence-electron chi connectivity index (χ0n) is 5.97. The molecule has 0 fully saturated rings. The minimum absolute atomic E-state index is 0.0515. The van der Waals surface area contributed by atoms with Crippen molar-refractivity contribution in [3.8, 4) is 0 Å². The Hall–Kier alpha value is -0.252. The van der Waals surface area contributed by atoms with Gasteiger partial charge in [-0.25, -0.2) is 0 Å². The normalized spacial score (nSPS) is 11.1. The molecule has 0 aliphatic rings. The maximum atomic E-state index is 10.7. The van der Waals surface area contributed by atoms with Gasteiger partial charge < -0.3 is 0 Å². The monoisotopic (exact) mass is 293 g/mol. The maximum absolute atomic E-state index is 10.7. The van der Waals surface area contributed by atoms with Gasteiger partial charge in [-0.05, 0) is 0 Å². The molecule has 0 atom stereocenters. The molecular weight excluding hydrogens is 288 g/mol. The predicted octanol–water partition coefficient (Wildman–Crippen LogP) is -0.991. The Labute approximate surface area is 80.7 Å². The number of nitrogens with two attached hydrogens (primary N) is 1. The first-order valence-electron chi connectivity index (χ1n) is 3.00. The van der Waals surface area contributed by atoms with Gasteiger partial charge >= 0.3 is 80.9 Å². The summed E-state index contributed by atoms with van der Waals surface area (Å²) >= 11 is -1.54. The van der Waals surface area contributed by atoms with Crippen molar-refractivity contribution in [1.82, 2.24) is 0 Å². The number of hydrogen-bond acceptors (Lipinski definition) is 3. The van der Waals surface area contributed by atoms with Gasteiger partial charge in [0.2, 0.25) is 0 Å². The van der Waals surface area contributed by atoms with Crippen LogP contribution in [0, 0.1) is 0 Å². The third-order valence-electron chi connectivity index (χ3n) is 1.27. The Morgan fingerprint density at radius 3 is 2.00 bits per heavy atom. The van der Waals surface area contributed by atoms with E-state index < -0.39 is 31.6 Å². The van der Waals surface area contributed by atoms with E-state index in [-0.39, 0.29) is 4.90 Å². The van der Waals surface area contributed by atoms with Crippen LogP contribution in [0.25, 0.3) is 0 Å². The molecule has 12 heavy (non-hydrogen) atoms. The summed E-state index contributed by atoms with van der Waals surface area (Å²) < 4.78 is 32.6. The van der Waals surface area contributed by atoms with Gasteiger partial charge in [0, 0.05) is 0 Å². The molecule has 0 unspecified atom stereocenters. The van der Waals surface area contributed by atoms with Crippen LogP contribution in [0.4, 0.5) is 0 Å². The molecule has 0 heterocycles. The van der Waals surface area contributed by atoms with Crippen molar-refractivity contribution in [2.75, 3.05) is 0 Å². The molecule has 0 radical (unpaired) electrons. The zero-order valence-corrected chi connectivity index (χ0v) is 9.34. The van der Waals surface area contributed by atoms with Crippen LogP contribution in [0.2, 0.25) is 0 Å². The molecule has 0 aliphatic carbocycles. The second kappa shape index (κ2) is 3.64. The van der Waals surface area contributed by atoms with Gasteiger partial charge in [-0.2, -0.15) is 0 Å². The molecule has 2 N–H and O–H groups in total. The second-order valence-electron chi connectivity index (χ2n) is 2.13. The standard InChI is InChI=1S/C6H6NO2S.O.Sb/c7-10(8,9)6-4-2-1-3-5-6;;/h2-5H,(H2,7,8,9);;. The van der Waals surface area contributed by atoms with Crippen LogP contribution in [0.15, 0.2) is 29.2 Å². The van der Waals surface area contributed by atoms with Crippen LogP contribution in [0.5, 0.6) is 0 Å². The average Bonchev–Trinajstić information content (AvgIpc) is 2.03. The van der Waals surface area contributed by atoms with Crippen molar-refractivity contribution in [1.29, 1.82) is 0 Å². The SMILES string of the molecule is NS(=O)(=O)c1cc[c]([Sb]=[O])cc1. The van der Waals surface area contributed by atoms with Crippen LogP contribution in [-0.2, 0) is 13.0 Å². The Morgan fingerprint density at radius 2 is 1.67 bits per heavy atom. The van der Waals surface area contributed by atoms with E-state index in [2.05, 4.69) is 0 Å². The summed E-state index contributed by atoms with van der Waals surface area (Å²) in [6.45, 7) is 0. The summed E-state index contributed by atoms with van der Waals surface area (Å²) in [6.07, 6.45) is 0. The molecule has 1 rings (SSSR count). The molecule has 4 nitrogen and oxygen atoms in total. The minimum atomic E-state index is -3.61. The van der Waals surface area contributed by atoms with Gasteiger partial charge in [0.25, 0.3) is 0 Å². The molecule has 0 aliphatic heterocycles. The first-order valence-corrected chi connectivity index (χ1v) is 6.87. The van der Waals surface area contributed by atoms with Crippen LogP contribution in [-0.4, -0.2) is 30.0 Å². The molecule has 0 spiro atoms. The fraction of sp³-hybridized carbons (Fsp3) is 0. The van der Waals surface area contributed by atoms with Gasteiger partial charge in [-0.1, -0.05) is 0 Å².